The highest BCUT2D eigenvalue weighted by molar-refractivity contribution is 6.46. The second-order valence-electron chi connectivity index (χ2n) is 8.38. The molecule has 1 heterocycles. The van der Waals surface area contributed by atoms with Crippen LogP contribution < -0.4 is 9.47 Å². The van der Waals surface area contributed by atoms with Crippen molar-refractivity contribution in [3.8, 4) is 11.5 Å². The van der Waals surface area contributed by atoms with Crippen LogP contribution in [0.4, 0.5) is 0 Å². The molecule has 3 aromatic carbocycles. The highest BCUT2D eigenvalue weighted by Gasteiger charge is 2.46. The lowest BCUT2D eigenvalue weighted by atomic mass is 9.95. The van der Waals surface area contributed by atoms with Crippen LogP contribution in [0.3, 0.4) is 0 Å². The van der Waals surface area contributed by atoms with Gasteiger partial charge in [0, 0.05) is 12.1 Å². The molecule has 6 heteroatoms. The van der Waals surface area contributed by atoms with Gasteiger partial charge < -0.3 is 19.5 Å². The van der Waals surface area contributed by atoms with Crippen molar-refractivity contribution in [3.05, 3.63) is 101 Å². The molecule has 0 radical (unpaired) electrons. The van der Waals surface area contributed by atoms with Gasteiger partial charge in [-0.05, 0) is 61.4 Å². The smallest absolute Gasteiger partial charge is 0.295 e. The Labute approximate surface area is 199 Å². The van der Waals surface area contributed by atoms with Crippen LogP contribution in [-0.2, 0) is 16.1 Å². The number of aliphatic hydroxyl groups excluding tert-OH is 1. The molecule has 0 aromatic heterocycles. The number of ketones is 1. The number of methoxy groups -OCH3 is 1. The third-order valence-corrected chi connectivity index (χ3v) is 5.64. The fourth-order valence-electron chi connectivity index (χ4n) is 4.11. The third kappa shape index (κ3) is 4.66. The lowest BCUT2D eigenvalue weighted by molar-refractivity contribution is -0.140. The number of amides is 1. The van der Waals surface area contributed by atoms with Gasteiger partial charge in [-0.2, -0.15) is 0 Å². The molecule has 1 saturated heterocycles. The van der Waals surface area contributed by atoms with Crippen LogP contribution >= 0.6 is 0 Å². The van der Waals surface area contributed by atoms with Gasteiger partial charge in [-0.1, -0.05) is 42.5 Å². The first-order valence-corrected chi connectivity index (χ1v) is 11.1. The summed E-state index contributed by atoms with van der Waals surface area (Å²) in [5.41, 5.74) is 2.07. The largest absolute Gasteiger partial charge is 0.507 e. The lowest BCUT2D eigenvalue weighted by Crippen LogP contribution is -2.29. The van der Waals surface area contributed by atoms with Crippen LogP contribution in [0, 0.1) is 0 Å². The van der Waals surface area contributed by atoms with E-state index in [0.29, 0.717) is 17.1 Å². The molecule has 0 bridgehead atoms. The maximum Gasteiger partial charge on any atom is 0.295 e. The van der Waals surface area contributed by atoms with Crippen molar-refractivity contribution in [3.63, 3.8) is 0 Å². The second-order valence-corrected chi connectivity index (χ2v) is 8.38. The van der Waals surface area contributed by atoms with E-state index < -0.39 is 17.7 Å². The molecule has 0 aliphatic carbocycles. The molecule has 1 unspecified atom stereocenters. The summed E-state index contributed by atoms with van der Waals surface area (Å²) < 4.78 is 11.0. The molecule has 1 aliphatic rings. The van der Waals surface area contributed by atoms with E-state index in [9.17, 15) is 14.7 Å². The highest BCUT2D eigenvalue weighted by Crippen LogP contribution is 2.40. The molecule has 0 spiro atoms. The van der Waals surface area contributed by atoms with Crippen LogP contribution in [0.15, 0.2) is 84.4 Å². The summed E-state index contributed by atoms with van der Waals surface area (Å²) in [7, 11) is 1.58. The van der Waals surface area contributed by atoms with Gasteiger partial charge in [-0.15, -0.1) is 0 Å². The van der Waals surface area contributed by atoms with Crippen LogP contribution in [0.2, 0.25) is 0 Å². The highest BCUT2D eigenvalue weighted by atomic mass is 16.5. The minimum Gasteiger partial charge on any atom is -0.507 e. The molecular formula is C28H27NO5. The minimum absolute atomic E-state index is 0.0134. The van der Waals surface area contributed by atoms with Gasteiger partial charge in [-0.25, -0.2) is 0 Å². The molecule has 1 amide bonds. The minimum atomic E-state index is -0.723. The number of hydrogen-bond acceptors (Lipinski definition) is 5. The Balaban J connectivity index is 1.77. The fourth-order valence-corrected chi connectivity index (χ4v) is 4.11. The van der Waals surface area contributed by atoms with Crippen molar-refractivity contribution in [2.45, 2.75) is 32.5 Å². The predicted molar refractivity (Wildman–Crippen MR) is 129 cm³/mol. The molecule has 1 aliphatic heterocycles. The Morgan fingerprint density at radius 1 is 0.941 bits per heavy atom. The van der Waals surface area contributed by atoms with E-state index in [-0.39, 0.29) is 24.0 Å². The average molecular weight is 458 g/mol. The molecule has 34 heavy (non-hydrogen) atoms. The Morgan fingerprint density at radius 2 is 1.65 bits per heavy atom. The maximum atomic E-state index is 13.2. The third-order valence-electron chi connectivity index (χ3n) is 5.64. The van der Waals surface area contributed by atoms with Crippen molar-refractivity contribution in [1.82, 2.24) is 4.90 Å². The molecular weight excluding hydrogens is 430 g/mol. The van der Waals surface area contributed by atoms with E-state index in [1.165, 1.54) is 4.90 Å². The quantitative estimate of drug-likeness (QED) is 0.303. The van der Waals surface area contributed by atoms with Crippen LogP contribution in [0.1, 0.15) is 36.6 Å². The summed E-state index contributed by atoms with van der Waals surface area (Å²) in [6.07, 6.45) is 0.0134. The number of ether oxygens (including phenoxy) is 2. The first-order valence-electron chi connectivity index (χ1n) is 11.1. The Bertz CT molecular complexity index is 1220. The topological polar surface area (TPSA) is 76.1 Å². The number of carbonyl (C=O) groups excluding carboxylic acids is 2. The zero-order valence-electron chi connectivity index (χ0n) is 19.4. The second kappa shape index (κ2) is 9.83. The van der Waals surface area contributed by atoms with Crippen molar-refractivity contribution >= 4 is 17.4 Å². The van der Waals surface area contributed by atoms with E-state index in [0.717, 1.165) is 11.1 Å². The number of carbonyl (C=O) groups is 2. The average Bonchev–Trinajstić information content (AvgIpc) is 3.09. The normalized spacial score (nSPS) is 17.3. The van der Waals surface area contributed by atoms with Crippen molar-refractivity contribution in [2.75, 3.05) is 7.11 Å². The molecule has 0 saturated carbocycles. The maximum absolute atomic E-state index is 13.2. The van der Waals surface area contributed by atoms with E-state index in [2.05, 4.69) is 0 Å². The number of benzene rings is 3. The summed E-state index contributed by atoms with van der Waals surface area (Å²) in [5.74, 6) is -0.259. The van der Waals surface area contributed by atoms with Gasteiger partial charge >= 0.3 is 0 Å². The lowest BCUT2D eigenvalue weighted by Gasteiger charge is -2.25. The molecule has 1 N–H and O–H groups in total. The van der Waals surface area contributed by atoms with E-state index >= 15 is 0 Å². The SMILES string of the molecule is COc1cccc(CN2C(=O)C(=O)/C(=C(\O)c3ccc(OC(C)C)cc3)C2c2ccccc2)c1. The van der Waals surface area contributed by atoms with Crippen LogP contribution in [-0.4, -0.2) is 34.9 Å². The molecule has 174 valence electrons. The van der Waals surface area contributed by atoms with Gasteiger partial charge in [0.1, 0.15) is 17.3 Å². The molecule has 4 rings (SSSR count). The van der Waals surface area contributed by atoms with Crippen LogP contribution in [0.25, 0.3) is 5.76 Å². The first-order chi connectivity index (χ1) is 16.4. The Hall–Kier alpha value is -4.06. The number of likely N-dealkylation sites (tertiary alicyclic amines) is 1. The van der Waals surface area contributed by atoms with E-state index in [1.54, 1.807) is 31.4 Å². The molecule has 1 fully saturated rings. The summed E-state index contributed by atoms with van der Waals surface area (Å²) in [6.45, 7) is 4.05. The molecule has 6 nitrogen and oxygen atoms in total. The van der Waals surface area contributed by atoms with Crippen molar-refractivity contribution < 1.29 is 24.2 Å². The summed E-state index contributed by atoms with van der Waals surface area (Å²) in [5, 5.41) is 11.2. The number of rotatable bonds is 7. The predicted octanol–water partition coefficient (Wildman–Crippen LogP) is 5.10. The van der Waals surface area contributed by atoms with Crippen LogP contribution in [0.5, 0.6) is 11.5 Å². The van der Waals surface area contributed by atoms with Crippen molar-refractivity contribution in [1.29, 1.82) is 0 Å². The standard InChI is InChI=1S/C28H27NO5/c1-18(2)34-22-14-12-21(13-15-22)26(30)24-25(20-9-5-4-6-10-20)29(28(32)27(24)31)17-19-8-7-11-23(16-19)33-3/h4-16,18,25,30H,17H2,1-3H3/b26-24-. The van der Waals surface area contributed by atoms with E-state index in [4.69, 9.17) is 9.47 Å². The summed E-state index contributed by atoms with van der Waals surface area (Å²) >= 11 is 0. The fraction of sp³-hybridized carbons (Fsp3) is 0.214. The zero-order chi connectivity index (χ0) is 24.2. The van der Waals surface area contributed by atoms with Gasteiger partial charge in [0.25, 0.3) is 11.7 Å². The van der Waals surface area contributed by atoms with Gasteiger partial charge in [0.2, 0.25) is 0 Å². The Morgan fingerprint density at radius 3 is 2.29 bits per heavy atom. The van der Waals surface area contributed by atoms with Gasteiger partial charge in [0.05, 0.1) is 24.8 Å². The van der Waals surface area contributed by atoms with Crippen molar-refractivity contribution in [2.24, 2.45) is 0 Å². The molecule has 1 atom stereocenters. The number of hydrogen-bond donors (Lipinski definition) is 1. The van der Waals surface area contributed by atoms with Gasteiger partial charge in [0.15, 0.2) is 0 Å². The zero-order valence-corrected chi connectivity index (χ0v) is 19.4. The Kier molecular flexibility index (Phi) is 6.68. The molecule has 3 aromatic rings. The number of Topliss-reactive ketones (excluding diaryl/α,β-unsaturated/α-hetero) is 1. The van der Waals surface area contributed by atoms with E-state index in [1.807, 2.05) is 68.4 Å². The number of nitrogens with zero attached hydrogens (tertiary/aromatic N) is 1. The monoisotopic (exact) mass is 457 g/mol. The summed E-state index contributed by atoms with van der Waals surface area (Å²) in [4.78, 5) is 27.8. The first kappa shape index (κ1) is 23.1. The number of aliphatic hydroxyl groups is 1. The van der Waals surface area contributed by atoms with Gasteiger partial charge in [-0.3, -0.25) is 9.59 Å². The summed E-state index contributed by atoms with van der Waals surface area (Å²) in [6, 6.07) is 22.7.